The molecular formula is C17H28O. The Hall–Kier alpha value is -0.980. The zero-order valence-electron chi connectivity index (χ0n) is 12.2. The molecule has 0 aliphatic carbocycles. The van der Waals surface area contributed by atoms with E-state index in [9.17, 15) is 5.11 Å². The minimum absolute atomic E-state index is 0.447. The van der Waals surface area contributed by atoms with Crippen molar-refractivity contribution >= 4 is 0 Å². The van der Waals surface area contributed by atoms with Crippen molar-refractivity contribution in [2.75, 3.05) is 0 Å². The Labute approximate surface area is 112 Å². The molecule has 102 valence electrons. The quantitative estimate of drug-likeness (QED) is 0.629. The number of phenolic OH excluding ortho intramolecular Hbond substituents is 1. The summed E-state index contributed by atoms with van der Waals surface area (Å²) in [4.78, 5) is 0. The van der Waals surface area contributed by atoms with Crippen molar-refractivity contribution in [3.8, 4) is 5.75 Å². The lowest BCUT2D eigenvalue weighted by atomic mass is 9.89. The standard InChI is InChI=1S/C17H28O/c1-4-5-6-9-14(2)12-15(3)13-16-10-7-8-11-17(16)18/h7-8,10-11,14-15,18H,4-6,9,12-13H2,1-3H3. The van der Waals surface area contributed by atoms with Gasteiger partial charge in [0.25, 0.3) is 0 Å². The molecule has 1 aromatic carbocycles. The normalized spacial score (nSPS) is 14.4. The number of hydrogen-bond acceptors (Lipinski definition) is 1. The molecule has 18 heavy (non-hydrogen) atoms. The molecule has 2 atom stereocenters. The van der Waals surface area contributed by atoms with Gasteiger partial charge < -0.3 is 5.11 Å². The van der Waals surface area contributed by atoms with Crippen molar-refractivity contribution in [3.63, 3.8) is 0 Å². The Morgan fingerprint density at radius 3 is 2.44 bits per heavy atom. The minimum atomic E-state index is 0.447. The lowest BCUT2D eigenvalue weighted by Gasteiger charge is -2.17. The molecule has 1 nitrogen and oxygen atoms in total. The summed E-state index contributed by atoms with van der Waals surface area (Å²) in [6.07, 6.45) is 7.63. The second-order valence-electron chi connectivity index (χ2n) is 5.77. The number of benzene rings is 1. The molecular weight excluding hydrogens is 220 g/mol. The molecule has 0 aliphatic heterocycles. The maximum Gasteiger partial charge on any atom is 0.118 e. The van der Waals surface area contributed by atoms with Gasteiger partial charge in [0.2, 0.25) is 0 Å². The third-order valence-electron chi connectivity index (χ3n) is 3.67. The average Bonchev–Trinajstić information content (AvgIpc) is 2.32. The van der Waals surface area contributed by atoms with Crippen LogP contribution in [-0.4, -0.2) is 5.11 Å². The zero-order chi connectivity index (χ0) is 13.4. The van der Waals surface area contributed by atoms with Crippen molar-refractivity contribution in [2.24, 2.45) is 11.8 Å². The third-order valence-corrected chi connectivity index (χ3v) is 3.67. The summed E-state index contributed by atoms with van der Waals surface area (Å²) in [5.41, 5.74) is 1.09. The van der Waals surface area contributed by atoms with Crippen LogP contribution >= 0.6 is 0 Å². The van der Waals surface area contributed by atoms with E-state index in [1.165, 1.54) is 32.1 Å². The van der Waals surface area contributed by atoms with Gasteiger partial charge >= 0.3 is 0 Å². The first-order chi connectivity index (χ1) is 8.63. The lowest BCUT2D eigenvalue weighted by molar-refractivity contribution is 0.376. The summed E-state index contributed by atoms with van der Waals surface area (Å²) in [5.74, 6) is 1.90. The molecule has 1 heteroatoms. The van der Waals surface area contributed by atoms with Crippen LogP contribution in [0.25, 0.3) is 0 Å². The molecule has 0 radical (unpaired) electrons. The van der Waals surface area contributed by atoms with E-state index in [-0.39, 0.29) is 0 Å². The molecule has 0 saturated heterocycles. The Morgan fingerprint density at radius 1 is 1.06 bits per heavy atom. The summed E-state index contributed by atoms with van der Waals surface area (Å²) in [6.45, 7) is 6.91. The number of phenols is 1. The van der Waals surface area contributed by atoms with E-state index in [4.69, 9.17) is 0 Å². The highest BCUT2D eigenvalue weighted by molar-refractivity contribution is 5.31. The van der Waals surface area contributed by atoms with Gasteiger partial charge in [-0.2, -0.15) is 0 Å². The molecule has 0 aliphatic rings. The molecule has 0 fully saturated rings. The number of para-hydroxylation sites is 1. The van der Waals surface area contributed by atoms with Crippen LogP contribution in [0.4, 0.5) is 0 Å². The van der Waals surface area contributed by atoms with Gasteiger partial charge in [0.05, 0.1) is 0 Å². The maximum absolute atomic E-state index is 9.77. The summed E-state index contributed by atoms with van der Waals surface area (Å²) in [5, 5.41) is 9.77. The Balaban J connectivity index is 2.33. The fraction of sp³-hybridized carbons (Fsp3) is 0.647. The van der Waals surface area contributed by atoms with Crippen LogP contribution in [-0.2, 0) is 6.42 Å². The van der Waals surface area contributed by atoms with E-state index < -0.39 is 0 Å². The summed E-state index contributed by atoms with van der Waals surface area (Å²) >= 11 is 0. The third kappa shape index (κ3) is 5.57. The van der Waals surface area contributed by atoms with E-state index in [2.05, 4.69) is 20.8 Å². The molecule has 0 heterocycles. The van der Waals surface area contributed by atoms with Gasteiger partial charge in [0, 0.05) is 0 Å². The topological polar surface area (TPSA) is 20.2 Å². The number of rotatable bonds is 8. The zero-order valence-corrected chi connectivity index (χ0v) is 12.2. The average molecular weight is 248 g/mol. The first-order valence-corrected chi connectivity index (χ1v) is 7.40. The van der Waals surface area contributed by atoms with Gasteiger partial charge in [0.1, 0.15) is 5.75 Å². The Bertz CT molecular complexity index is 332. The van der Waals surface area contributed by atoms with Crippen LogP contribution < -0.4 is 0 Å². The predicted octanol–water partition coefficient (Wildman–Crippen LogP) is 5.18. The summed E-state index contributed by atoms with van der Waals surface area (Å²) < 4.78 is 0. The smallest absolute Gasteiger partial charge is 0.118 e. The van der Waals surface area contributed by atoms with E-state index in [1.807, 2.05) is 18.2 Å². The van der Waals surface area contributed by atoms with E-state index >= 15 is 0 Å². The summed E-state index contributed by atoms with van der Waals surface area (Å²) in [7, 11) is 0. The molecule has 2 unspecified atom stereocenters. The molecule has 0 amide bonds. The largest absolute Gasteiger partial charge is 0.508 e. The lowest BCUT2D eigenvalue weighted by Crippen LogP contribution is -2.06. The van der Waals surface area contributed by atoms with Gasteiger partial charge in [-0.25, -0.2) is 0 Å². The van der Waals surface area contributed by atoms with E-state index in [0.29, 0.717) is 11.7 Å². The maximum atomic E-state index is 9.77. The fourth-order valence-corrected chi connectivity index (χ4v) is 2.69. The van der Waals surface area contributed by atoms with Crippen molar-refractivity contribution in [3.05, 3.63) is 29.8 Å². The number of aromatic hydroxyl groups is 1. The monoisotopic (exact) mass is 248 g/mol. The molecule has 1 rings (SSSR count). The van der Waals surface area contributed by atoms with Crippen molar-refractivity contribution < 1.29 is 5.11 Å². The van der Waals surface area contributed by atoms with Crippen molar-refractivity contribution in [2.45, 2.75) is 59.3 Å². The predicted molar refractivity (Wildman–Crippen MR) is 78.9 cm³/mol. The molecule has 0 bridgehead atoms. The molecule has 1 aromatic rings. The van der Waals surface area contributed by atoms with E-state index in [1.54, 1.807) is 6.07 Å². The number of unbranched alkanes of at least 4 members (excludes halogenated alkanes) is 2. The van der Waals surface area contributed by atoms with Crippen LogP contribution in [0.5, 0.6) is 5.75 Å². The van der Waals surface area contributed by atoms with Crippen LogP contribution in [0.15, 0.2) is 24.3 Å². The molecule has 0 spiro atoms. The fourth-order valence-electron chi connectivity index (χ4n) is 2.69. The van der Waals surface area contributed by atoms with Crippen LogP contribution in [0, 0.1) is 11.8 Å². The first kappa shape index (κ1) is 15.1. The molecule has 1 N–H and O–H groups in total. The summed E-state index contributed by atoms with van der Waals surface area (Å²) in [6, 6.07) is 7.71. The van der Waals surface area contributed by atoms with Crippen LogP contribution in [0.3, 0.4) is 0 Å². The number of hydrogen-bond donors (Lipinski definition) is 1. The minimum Gasteiger partial charge on any atom is -0.508 e. The molecule has 0 aromatic heterocycles. The van der Waals surface area contributed by atoms with Crippen LogP contribution in [0.1, 0.15) is 58.4 Å². The van der Waals surface area contributed by atoms with Crippen molar-refractivity contribution in [1.82, 2.24) is 0 Å². The van der Waals surface area contributed by atoms with E-state index in [0.717, 1.165) is 17.9 Å². The Kier molecular flexibility index (Phi) is 6.85. The highest BCUT2D eigenvalue weighted by Crippen LogP contribution is 2.24. The second-order valence-corrected chi connectivity index (χ2v) is 5.77. The van der Waals surface area contributed by atoms with Gasteiger partial charge in [-0.1, -0.05) is 64.7 Å². The van der Waals surface area contributed by atoms with Crippen LogP contribution in [0.2, 0.25) is 0 Å². The highest BCUT2D eigenvalue weighted by atomic mass is 16.3. The molecule has 0 saturated carbocycles. The first-order valence-electron chi connectivity index (χ1n) is 7.40. The Morgan fingerprint density at radius 2 is 1.78 bits per heavy atom. The highest BCUT2D eigenvalue weighted by Gasteiger charge is 2.11. The SMILES string of the molecule is CCCCCC(C)CC(C)Cc1ccccc1O. The van der Waals surface area contributed by atoms with Gasteiger partial charge in [-0.3, -0.25) is 0 Å². The second kappa shape index (κ2) is 8.18. The van der Waals surface area contributed by atoms with Gasteiger partial charge in [0.15, 0.2) is 0 Å². The van der Waals surface area contributed by atoms with Crippen molar-refractivity contribution in [1.29, 1.82) is 0 Å². The van der Waals surface area contributed by atoms with Gasteiger partial charge in [-0.15, -0.1) is 0 Å². The van der Waals surface area contributed by atoms with Gasteiger partial charge in [-0.05, 0) is 36.3 Å².